The van der Waals surface area contributed by atoms with Gasteiger partial charge in [0.25, 0.3) is 0 Å². The van der Waals surface area contributed by atoms with E-state index in [2.05, 4.69) is 10.1 Å². The first kappa shape index (κ1) is 17.1. The van der Waals surface area contributed by atoms with Crippen molar-refractivity contribution in [3.8, 4) is 5.75 Å². The van der Waals surface area contributed by atoms with Crippen molar-refractivity contribution in [2.24, 2.45) is 0 Å². The summed E-state index contributed by atoms with van der Waals surface area (Å²) in [4.78, 5) is 23.9. The van der Waals surface area contributed by atoms with Gasteiger partial charge in [-0.25, -0.2) is 0 Å². The zero-order valence-corrected chi connectivity index (χ0v) is 12.5. The Morgan fingerprint density at radius 3 is 2.57 bits per heavy atom. The standard InChI is InChI=1S/C15H21NO5/c1-10-8-11(4-5-13(10)20-2)15(19)12(16-6-7-17)9-14(18)21-3/h4-5,8,12,16-17H,6-7,9H2,1-3H3. The number of hydrogen-bond donors (Lipinski definition) is 2. The smallest absolute Gasteiger partial charge is 0.307 e. The van der Waals surface area contributed by atoms with E-state index in [-0.39, 0.29) is 25.4 Å². The minimum Gasteiger partial charge on any atom is -0.496 e. The highest BCUT2D eigenvalue weighted by atomic mass is 16.5. The van der Waals surface area contributed by atoms with Gasteiger partial charge in [0.2, 0.25) is 0 Å². The van der Waals surface area contributed by atoms with Crippen LogP contribution in [0.25, 0.3) is 0 Å². The first-order chi connectivity index (χ1) is 10.0. The van der Waals surface area contributed by atoms with E-state index in [0.717, 1.165) is 5.56 Å². The maximum Gasteiger partial charge on any atom is 0.307 e. The van der Waals surface area contributed by atoms with Gasteiger partial charge < -0.3 is 19.9 Å². The number of aryl methyl sites for hydroxylation is 1. The Kier molecular flexibility index (Phi) is 6.84. The topological polar surface area (TPSA) is 84.9 Å². The van der Waals surface area contributed by atoms with Gasteiger partial charge in [0, 0.05) is 12.1 Å². The summed E-state index contributed by atoms with van der Waals surface area (Å²) in [6.45, 7) is 1.95. The van der Waals surface area contributed by atoms with Crippen molar-refractivity contribution in [3.05, 3.63) is 29.3 Å². The van der Waals surface area contributed by atoms with E-state index in [0.29, 0.717) is 11.3 Å². The fourth-order valence-electron chi connectivity index (χ4n) is 1.98. The van der Waals surface area contributed by atoms with Gasteiger partial charge in [-0.1, -0.05) is 0 Å². The molecule has 1 aromatic carbocycles. The molecule has 0 fully saturated rings. The van der Waals surface area contributed by atoms with Crippen molar-refractivity contribution in [1.29, 1.82) is 0 Å². The molecule has 0 amide bonds. The summed E-state index contributed by atoms with van der Waals surface area (Å²) in [6, 6.07) is 4.35. The van der Waals surface area contributed by atoms with Gasteiger partial charge in [0.1, 0.15) is 5.75 Å². The number of hydrogen-bond acceptors (Lipinski definition) is 6. The molecule has 0 aliphatic carbocycles. The van der Waals surface area contributed by atoms with E-state index in [1.165, 1.54) is 7.11 Å². The molecule has 1 rings (SSSR count). The Morgan fingerprint density at radius 2 is 2.05 bits per heavy atom. The van der Waals surface area contributed by atoms with Crippen molar-refractivity contribution >= 4 is 11.8 Å². The number of Topliss-reactive ketones (excluding diaryl/α,β-unsaturated/α-hetero) is 1. The summed E-state index contributed by atoms with van der Waals surface area (Å²) in [5, 5.41) is 11.7. The molecule has 0 heterocycles. The number of carbonyl (C=O) groups excluding carboxylic acids is 2. The highest BCUT2D eigenvalue weighted by molar-refractivity contribution is 6.02. The number of ketones is 1. The third-order valence-corrected chi connectivity index (χ3v) is 3.10. The van der Waals surface area contributed by atoms with Gasteiger partial charge in [-0.3, -0.25) is 9.59 Å². The summed E-state index contributed by atoms with van der Waals surface area (Å²) < 4.78 is 9.75. The van der Waals surface area contributed by atoms with E-state index < -0.39 is 12.0 Å². The number of ether oxygens (including phenoxy) is 2. The van der Waals surface area contributed by atoms with Crippen LogP contribution in [0.4, 0.5) is 0 Å². The van der Waals surface area contributed by atoms with Crippen LogP contribution >= 0.6 is 0 Å². The van der Waals surface area contributed by atoms with Crippen LogP contribution in [0.15, 0.2) is 18.2 Å². The minimum absolute atomic E-state index is 0.0829. The predicted molar refractivity (Wildman–Crippen MR) is 77.6 cm³/mol. The number of rotatable bonds is 8. The van der Waals surface area contributed by atoms with Gasteiger partial charge in [-0.2, -0.15) is 0 Å². The number of nitrogens with one attached hydrogen (secondary N) is 1. The van der Waals surface area contributed by atoms with E-state index in [9.17, 15) is 9.59 Å². The van der Waals surface area contributed by atoms with Crippen LogP contribution in [0.1, 0.15) is 22.3 Å². The van der Waals surface area contributed by atoms with Gasteiger partial charge in [-0.15, -0.1) is 0 Å². The molecule has 0 bridgehead atoms. The second-order valence-electron chi connectivity index (χ2n) is 4.56. The Hall–Kier alpha value is -1.92. The first-order valence-electron chi connectivity index (χ1n) is 6.63. The molecule has 0 radical (unpaired) electrons. The molecule has 6 nitrogen and oxygen atoms in total. The summed E-state index contributed by atoms with van der Waals surface area (Å²) >= 11 is 0. The van der Waals surface area contributed by atoms with Crippen molar-refractivity contribution in [1.82, 2.24) is 5.32 Å². The molecular weight excluding hydrogens is 274 g/mol. The highest BCUT2D eigenvalue weighted by Gasteiger charge is 2.23. The normalized spacial score (nSPS) is 11.8. The maximum atomic E-state index is 12.5. The van der Waals surface area contributed by atoms with E-state index in [4.69, 9.17) is 9.84 Å². The van der Waals surface area contributed by atoms with Gasteiger partial charge in [0.15, 0.2) is 5.78 Å². The average molecular weight is 295 g/mol. The third kappa shape index (κ3) is 4.84. The third-order valence-electron chi connectivity index (χ3n) is 3.10. The number of benzene rings is 1. The average Bonchev–Trinajstić information content (AvgIpc) is 2.50. The Bertz CT molecular complexity index is 501. The monoisotopic (exact) mass is 295 g/mol. The lowest BCUT2D eigenvalue weighted by atomic mass is 9.99. The fraction of sp³-hybridized carbons (Fsp3) is 0.467. The van der Waals surface area contributed by atoms with Crippen molar-refractivity contribution in [2.45, 2.75) is 19.4 Å². The lowest BCUT2D eigenvalue weighted by molar-refractivity contribution is -0.141. The second kappa shape index (κ2) is 8.39. The lowest BCUT2D eigenvalue weighted by Gasteiger charge is -2.16. The van der Waals surface area contributed by atoms with E-state index >= 15 is 0 Å². The van der Waals surface area contributed by atoms with E-state index in [1.807, 2.05) is 6.92 Å². The molecule has 0 saturated carbocycles. The van der Waals surface area contributed by atoms with Crippen molar-refractivity contribution in [3.63, 3.8) is 0 Å². The fourth-order valence-corrected chi connectivity index (χ4v) is 1.98. The summed E-state index contributed by atoms with van der Waals surface area (Å²) in [5.41, 5.74) is 1.31. The molecule has 0 aliphatic rings. The van der Waals surface area contributed by atoms with Crippen LogP contribution in [-0.4, -0.2) is 50.3 Å². The molecule has 1 aromatic rings. The Morgan fingerprint density at radius 1 is 1.33 bits per heavy atom. The quantitative estimate of drug-likeness (QED) is 0.542. The molecule has 0 saturated heterocycles. The largest absolute Gasteiger partial charge is 0.496 e. The SMILES string of the molecule is COC(=O)CC(NCCO)C(=O)c1ccc(OC)c(C)c1. The molecule has 21 heavy (non-hydrogen) atoms. The van der Waals surface area contributed by atoms with Gasteiger partial charge in [-0.05, 0) is 30.7 Å². The zero-order valence-electron chi connectivity index (χ0n) is 12.5. The number of esters is 1. The van der Waals surface area contributed by atoms with Crippen LogP contribution < -0.4 is 10.1 Å². The Labute approximate surface area is 124 Å². The number of carbonyl (C=O) groups is 2. The minimum atomic E-state index is -0.725. The van der Waals surface area contributed by atoms with Crippen molar-refractivity contribution in [2.75, 3.05) is 27.4 Å². The number of aliphatic hydroxyl groups is 1. The van der Waals surface area contributed by atoms with Crippen LogP contribution in [-0.2, 0) is 9.53 Å². The van der Waals surface area contributed by atoms with Gasteiger partial charge >= 0.3 is 5.97 Å². The summed E-state index contributed by atoms with van der Waals surface area (Å²) in [5.74, 6) is -0.0111. The molecule has 6 heteroatoms. The molecule has 0 aliphatic heterocycles. The molecule has 1 unspecified atom stereocenters. The zero-order chi connectivity index (χ0) is 15.8. The predicted octanol–water partition coefficient (Wildman–Crippen LogP) is 0.700. The molecule has 0 spiro atoms. The molecule has 1 atom stereocenters. The number of methoxy groups -OCH3 is 2. The van der Waals surface area contributed by atoms with Gasteiger partial charge in [0.05, 0.1) is 33.3 Å². The highest BCUT2D eigenvalue weighted by Crippen LogP contribution is 2.19. The summed E-state index contributed by atoms with van der Waals surface area (Å²) in [6.07, 6.45) is -0.0829. The maximum absolute atomic E-state index is 12.5. The van der Waals surface area contributed by atoms with Crippen LogP contribution in [0.5, 0.6) is 5.75 Å². The first-order valence-corrected chi connectivity index (χ1v) is 6.63. The van der Waals surface area contributed by atoms with Crippen LogP contribution in [0, 0.1) is 6.92 Å². The number of aliphatic hydroxyl groups excluding tert-OH is 1. The molecular formula is C15H21NO5. The molecule has 0 aromatic heterocycles. The molecule has 116 valence electrons. The van der Waals surface area contributed by atoms with Crippen LogP contribution in [0.3, 0.4) is 0 Å². The molecule has 2 N–H and O–H groups in total. The van der Waals surface area contributed by atoms with E-state index in [1.54, 1.807) is 25.3 Å². The summed E-state index contributed by atoms with van der Waals surface area (Å²) in [7, 11) is 2.83. The Balaban J connectivity index is 2.92. The lowest BCUT2D eigenvalue weighted by Crippen LogP contribution is -2.40. The second-order valence-corrected chi connectivity index (χ2v) is 4.56. The van der Waals surface area contributed by atoms with Crippen molar-refractivity contribution < 1.29 is 24.2 Å². The van der Waals surface area contributed by atoms with Crippen LogP contribution in [0.2, 0.25) is 0 Å².